The quantitative estimate of drug-likeness (QED) is 0.395. The highest BCUT2D eigenvalue weighted by molar-refractivity contribution is 6.43. The zero-order chi connectivity index (χ0) is 20.7. The van der Waals surface area contributed by atoms with Crippen LogP contribution in [0.2, 0.25) is 10.0 Å². The van der Waals surface area contributed by atoms with E-state index in [1.165, 1.54) is 12.1 Å². The van der Waals surface area contributed by atoms with Crippen LogP contribution in [0.4, 0.5) is 5.95 Å². The summed E-state index contributed by atoms with van der Waals surface area (Å²) < 4.78 is 5.76. The summed E-state index contributed by atoms with van der Waals surface area (Å²) >= 11 is 12.1. The van der Waals surface area contributed by atoms with E-state index in [2.05, 4.69) is 10.1 Å². The lowest BCUT2D eigenvalue weighted by Crippen LogP contribution is -2.49. The van der Waals surface area contributed by atoms with Gasteiger partial charge in [0.15, 0.2) is 11.2 Å². The number of aliphatic carboxylic acids is 1. The van der Waals surface area contributed by atoms with Crippen molar-refractivity contribution < 1.29 is 30.0 Å². The van der Waals surface area contributed by atoms with Gasteiger partial charge in [-0.2, -0.15) is 14.8 Å². The van der Waals surface area contributed by atoms with Crippen LogP contribution >= 0.6 is 23.2 Å². The highest BCUT2D eigenvalue weighted by atomic mass is 35.5. The van der Waals surface area contributed by atoms with Crippen molar-refractivity contribution in [3.8, 4) is 11.3 Å². The maximum absolute atomic E-state index is 11.3. The van der Waals surface area contributed by atoms with Gasteiger partial charge in [-0.25, -0.2) is 4.79 Å². The molecule has 3 rings (SSSR count). The Labute approximate surface area is 166 Å². The van der Waals surface area contributed by atoms with Crippen LogP contribution in [0, 0.1) is 5.41 Å². The number of ether oxygens (including phenoxy) is 1. The fourth-order valence-corrected chi connectivity index (χ4v) is 2.88. The molecule has 1 aliphatic rings. The smallest absolute Gasteiger partial charge is 0.347 e. The summed E-state index contributed by atoms with van der Waals surface area (Å²) in [4.78, 5) is 15.0. The number of aliphatic hydroxyl groups excluding tert-OH is 3. The number of aliphatic hydroxyl groups is 3. The number of aromatic nitrogens is 3. The zero-order valence-corrected chi connectivity index (χ0v) is 15.3. The molecule has 0 saturated carbocycles. The number of nitrogens with two attached hydrogens (primary N) is 1. The van der Waals surface area contributed by atoms with Crippen LogP contribution in [-0.2, 0) is 9.53 Å². The standard InChI is InChI=1S/C15H13Cl2N5O6/c16-5-3-1-2-4(6(5)17)7-12(18)20-15(19)22(21-7)13-10(25)8(23)9(24)11(28-13)14(26)27/h1-3,8-9,11,23-25H,(H,26,27)(H3,18,19,20). The second-order valence-corrected chi connectivity index (χ2v) is 6.47. The van der Waals surface area contributed by atoms with E-state index in [0.717, 1.165) is 0 Å². The molecule has 0 aliphatic carbocycles. The zero-order valence-electron chi connectivity index (χ0n) is 13.7. The van der Waals surface area contributed by atoms with Crippen LogP contribution in [0.25, 0.3) is 17.1 Å². The summed E-state index contributed by atoms with van der Waals surface area (Å²) in [5.41, 5.74) is 5.44. The van der Waals surface area contributed by atoms with Crippen molar-refractivity contribution in [1.29, 1.82) is 5.41 Å². The van der Waals surface area contributed by atoms with Gasteiger partial charge in [-0.15, -0.1) is 0 Å². The maximum atomic E-state index is 11.3. The van der Waals surface area contributed by atoms with Gasteiger partial charge in [0.05, 0.1) is 10.0 Å². The second-order valence-electron chi connectivity index (χ2n) is 5.68. The normalized spacial score (nSPS) is 22.1. The third-order valence-electron chi connectivity index (χ3n) is 3.88. The molecule has 0 spiro atoms. The van der Waals surface area contributed by atoms with E-state index >= 15 is 0 Å². The van der Waals surface area contributed by atoms with Crippen molar-refractivity contribution in [2.45, 2.75) is 18.3 Å². The van der Waals surface area contributed by atoms with Crippen molar-refractivity contribution in [3.63, 3.8) is 0 Å². The summed E-state index contributed by atoms with van der Waals surface area (Å²) in [5, 5.41) is 51.3. The Morgan fingerprint density at radius 3 is 2.64 bits per heavy atom. The van der Waals surface area contributed by atoms with Gasteiger partial charge in [0.1, 0.15) is 17.9 Å². The minimum Gasteiger partial charge on any atom is -0.505 e. The number of nitrogen functional groups attached to an aromatic ring is 1. The summed E-state index contributed by atoms with van der Waals surface area (Å²) in [7, 11) is 0. The molecule has 0 amide bonds. The van der Waals surface area contributed by atoms with E-state index in [1.807, 2.05) is 0 Å². The molecule has 0 saturated heterocycles. The predicted molar refractivity (Wildman–Crippen MR) is 96.1 cm³/mol. The molecule has 28 heavy (non-hydrogen) atoms. The molecule has 1 aromatic carbocycles. The number of rotatable bonds is 3. The molecule has 2 heterocycles. The van der Waals surface area contributed by atoms with Crippen LogP contribution < -0.4 is 11.2 Å². The number of anilines is 1. The van der Waals surface area contributed by atoms with Crippen LogP contribution in [0.5, 0.6) is 0 Å². The first-order valence-corrected chi connectivity index (χ1v) is 8.34. The lowest BCUT2D eigenvalue weighted by Gasteiger charge is -2.31. The van der Waals surface area contributed by atoms with E-state index in [0.29, 0.717) is 4.68 Å². The molecule has 0 bridgehead atoms. The number of hydrogen-bond donors (Lipinski definition) is 6. The highest BCUT2D eigenvalue weighted by Crippen LogP contribution is 2.32. The number of carbonyl (C=O) groups is 1. The number of nitrogens with one attached hydrogen (secondary N) is 1. The Balaban J connectivity index is 2.22. The Morgan fingerprint density at radius 1 is 1.32 bits per heavy atom. The van der Waals surface area contributed by atoms with Crippen molar-refractivity contribution in [2.24, 2.45) is 0 Å². The van der Waals surface area contributed by atoms with Gasteiger partial charge in [-0.3, -0.25) is 5.41 Å². The largest absolute Gasteiger partial charge is 0.505 e. The molecular weight excluding hydrogens is 417 g/mol. The van der Waals surface area contributed by atoms with Gasteiger partial charge in [0, 0.05) is 5.56 Å². The van der Waals surface area contributed by atoms with Crippen molar-refractivity contribution >= 4 is 41.0 Å². The molecule has 3 atom stereocenters. The number of carboxylic acids is 1. The van der Waals surface area contributed by atoms with Gasteiger partial charge in [0.2, 0.25) is 12.1 Å². The fraction of sp³-hybridized carbons (Fsp3) is 0.200. The topological polar surface area (TPSA) is 188 Å². The fourth-order valence-electron chi connectivity index (χ4n) is 2.49. The molecular formula is C15H13Cl2N5O6. The first-order valence-electron chi connectivity index (χ1n) is 7.58. The summed E-state index contributed by atoms with van der Waals surface area (Å²) in [6.07, 6.45) is -5.83. The molecule has 7 N–H and O–H groups in total. The first-order chi connectivity index (χ1) is 13.1. The molecule has 2 aromatic rings. The minimum atomic E-state index is -1.98. The molecule has 1 aliphatic heterocycles. The Morgan fingerprint density at radius 2 is 2.00 bits per heavy atom. The van der Waals surface area contributed by atoms with Crippen molar-refractivity contribution in [1.82, 2.24) is 14.8 Å². The molecule has 3 unspecified atom stereocenters. The predicted octanol–water partition coefficient (Wildman–Crippen LogP) is 0.203. The summed E-state index contributed by atoms with van der Waals surface area (Å²) in [6.45, 7) is 0. The van der Waals surface area contributed by atoms with E-state index in [-0.39, 0.29) is 26.8 Å². The highest BCUT2D eigenvalue weighted by Gasteiger charge is 2.43. The summed E-state index contributed by atoms with van der Waals surface area (Å²) in [5.74, 6) is -3.65. The van der Waals surface area contributed by atoms with Crippen LogP contribution in [0.3, 0.4) is 0 Å². The van der Waals surface area contributed by atoms with E-state index in [1.54, 1.807) is 6.07 Å². The van der Waals surface area contributed by atoms with Gasteiger partial charge in [0.25, 0.3) is 5.88 Å². The average Bonchev–Trinajstić information content (AvgIpc) is 2.63. The average molecular weight is 430 g/mol. The van der Waals surface area contributed by atoms with Gasteiger partial charge in [-0.05, 0) is 6.07 Å². The van der Waals surface area contributed by atoms with Gasteiger partial charge < -0.3 is 30.9 Å². The molecule has 0 radical (unpaired) electrons. The Kier molecular flexibility index (Phi) is 5.17. The molecule has 13 heteroatoms. The minimum absolute atomic E-state index is 0.0740. The van der Waals surface area contributed by atoms with Gasteiger partial charge in [-0.1, -0.05) is 35.3 Å². The SMILES string of the molecule is N=c1nc(N)n(C2=C(O)C(O)C(O)C(C(=O)O)O2)nc1-c1cccc(Cl)c1Cl. The molecule has 1 aromatic heterocycles. The van der Waals surface area contributed by atoms with Gasteiger partial charge >= 0.3 is 5.97 Å². The number of nitrogens with zero attached hydrogens (tertiary/aromatic N) is 3. The monoisotopic (exact) mass is 429 g/mol. The third kappa shape index (κ3) is 3.24. The third-order valence-corrected chi connectivity index (χ3v) is 4.70. The van der Waals surface area contributed by atoms with Crippen LogP contribution in [0.1, 0.15) is 0 Å². The van der Waals surface area contributed by atoms with Crippen molar-refractivity contribution in [3.05, 3.63) is 39.5 Å². The number of hydrogen-bond acceptors (Lipinski definition) is 9. The van der Waals surface area contributed by atoms with E-state index in [9.17, 15) is 20.1 Å². The lowest BCUT2D eigenvalue weighted by molar-refractivity contribution is -0.161. The molecule has 0 fully saturated rings. The number of benzene rings is 1. The Hall–Kier alpha value is -2.86. The van der Waals surface area contributed by atoms with E-state index < -0.39 is 41.9 Å². The van der Waals surface area contributed by atoms with Crippen LogP contribution in [-0.4, -0.2) is 59.5 Å². The summed E-state index contributed by atoms with van der Waals surface area (Å²) in [6, 6.07) is 4.58. The second kappa shape index (κ2) is 7.28. The number of carboxylic acid groups (broad SMARTS) is 1. The Bertz CT molecular complexity index is 1060. The molecule has 11 nitrogen and oxygen atoms in total. The first kappa shape index (κ1) is 19.9. The molecule has 148 valence electrons. The number of halogens is 2. The van der Waals surface area contributed by atoms with Crippen LogP contribution in [0.15, 0.2) is 24.0 Å². The van der Waals surface area contributed by atoms with Crippen molar-refractivity contribution in [2.75, 3.05) is 5.73 Å². The lowest BCUT2D eigenvalue weighted by atomic mass is 10.0. The maximum Gasteiger partial charge on any atom is 0.347 e. The van der Waals surface area contributed by atoms with E-state index in [4.69, 9.17) is 44.2 Å².